The minimum atomic E-state index is -0.137. The number of benzene rings is 1. The van der Waals surface area contributed by atoms with E-state index in [4.69, 9.17) is 16.3 Å². The van der Waals surface area contributed by atoms with Crippen molar-refractivity contribution in [2.45, 2.75) is 18.1 Å². The molecular formula is C19H20ClN5O2S. The number of methoxy groups -OCH3 is 1. The SMILES string of the molecule is COCCCn1c(SCC(=O)Nc2cccc(Cl)c2)nnc1-c1cccnc1. The van der Waals surface area contributed by atoms with E-state index in [9.17, 15) is 4.79 Å². The molecule has 0 bridgehead atoms. The number of rotatable bonds is 9. The summed E-state index contributed by atoms with van der Waals surface area (Å²) < 4.78 is 7.15. The number of nitrogens with one attached hydrogen (secondary N) is 1. The minimum absolute atomic E-state index is 0.137. The highest BCUT2D eigenvalue weighted by molar-refractivity contribution is 7.99. The molecule has 3 aromatic rings. The molecule has 1 amide bonds. The van der Waals surface area contributed by atoms with Crippen molar-refractivity contribution < 1.29 is 9.53 Å². The number of amides is 1. The number of pyridine rings is 1. The Morgan fingerprint density at radius 1 is 1.29 bits per heavy atom. The van der Waals surface area contributed by atoms with Gasteiger partial charge in [-0.2, -0.15) is 0 Å². The molecule has 2 aromatic heterocycles. The number of carbonyl (C=O) groups is 1. The number of ether oxygens (including phenoxy) is 1. The predicted molar refractivity (Wildman–Crippen MR) is 111 cm³/mol. The van der Waals surface area contributed by atoms with Crippen molar-refractivity contribution in [2.75, 3.05) is 24.8 Å². The number of hydrogen-bond acceptors (Lipinski definition) is 6. The molecule has 0 fully saturated rings. The predicted octanol–water partition coefficient (Wildman–Crippen LogP) is 3.76. The number of carbonyl (C=O) groups excluding carboxylic acids is 1. The Labute approximate surface area is 172 Å². The first-order valence-electron chi connectivity index (χ1n) is 8.68. The molecule has 0 atom stereocenters. The molecule has 0 aliphatic heterocycles. The second-order valence-electron chi connectivity index (χ2n) is 5.89. The van der Waals surface area contributed by atoms with Crippen molar-refractivity contribution in [3.63, 3.8) is 0 Å². The third-order valence-electron chi connectivity index (χ3n) is 3.81. The van der Waals surface area contributed by atoms with Gasteiger partial charge >= 0.3 is 0 Å². The van der Waals surface area contributed by atoms with Crippen LogP contribution in [-0.2, 0) is 16.1 Å². The molecule has 0 saturated heterocycles. The molecule has 1 N–H and O–H groups in total. The average Bonchev–Trinajstić information content (AvgIpc) is 3.10. The van der Waals surface area contributed by atoms with E-state index < -0.39 is 0 Å². The second-order valence-corrected chi connectivity index (χ2v) is 7.27. The van der Waals surface area contributed by atoms with E-state index in [0.29, 0.717) is 29.0 Å². The first kappa shape index (κ1) is 20.3. The summed E-state index contributed by atoms with van der Waals surface area (Å²) in [5.74, 6) is 0.797. The zero-order valence-electron chi connectivity index (χ0n) is 15.3. The van der Waals surface area contributed by atoms with Gasteiger partial charge in [0, 0.05) is 48.9 Å². The highest BCUT2D eigenvalue weighted by atomic mass is 35.5. The fraction of sp³-hybridized carbons (Fsp3) is 0.263. The summed E-state index contributed by atoms with van der Waals surface area (Å²) in [4.78, 5) is 16.4. The zero-order valence-corrected chi connectivity index (χ0v) is 16.9. The maximum Gasteiger partial charge on any atom is 0.234 e. The van der Waals surface area contributed by atoms with E-state index in [1.807, 2.05) is 16.7 Å². The van der Waals surface area contributed by atoms with Gasteiger partial charge in [0.2, 0.25) is 5.91 Å². The summed E-state index contributed by atoms with van der Waals surface area (Å²) >= 11 is 7.29. The van der Waals surface area contributed by atoms with Crippen LogP contribution < -0.4 is 5.32 Å². The number of hydrogen-bond donors (Lipinski definition) is 1. The summed E-state index contributed by atoms with van der Waals surface area (Å²) in [7, 11) is 1.67. The van der Waals surface area contributed by atoms with E-state index in [2.05, 4.69) is 20.5 Å². The number of nitrogens with zero attached hydrogens (tertiary/aromatic N) is 4. The number of anilines is 1. The molecule has 0 radical (unpaired) electrons. The highest BCUT2D eigenvalue weighted by Crippen LogP contribution is 2.24. The van der Waals surface area contributed by atoms with Crippen LogP contribution in [0.2, 0.25) is 5.02 Å². The molecule has 3 rings (SSSR count). The van der Waals surface area contributed by atoms with E-state index in [1.54, 1.807) is 43.8 Å². The van der Waals surface area contributed by atoms with Crippen LogP contribution in [-0.4, -0.2) is 45.1 Å². The molecule has 1 aromatic carbocycles. The van der Waals surface area contributed by atoms with Gasteiger partial charge < -0.3 is 14.6 Å². The van der Waals surface area contributed by atoms with E-state index >= 15 is 0 Å². The van der Waals surface area contributed by atoms with Gasteiger partial charge in [-0.15, -0.1) is 10.2 Å². The van der Waals surface area contributed by atoms with Crippen LogP contribution >= 0.6 is 23.4 Å². The summed E-state index contributed by atoms with van der Waals surface area (Å²) in [5, 5.41) is 12.7. The highest BCUT2D eigenvalue weighted by Gasteiger charge is 2.16. The van der Waals surface area contributed by atoms with Crippen LogP contribution in [0, 0.1) is 0 Å². The van der Waals surface area contributed by atoms with Crippen LogP contribution in [0.3, 0.4) is 0 Å². The number of halogens is 1. The van der Waals surface area contributed by atoms with Crippen molar-refractivity contribution in [2.24, 2.45) is 0 Å². The summed E-state index contributed by atoms with van der Waals surface area (Å²) in [6.07, 6.45) is 4.27. The van der Waals surface area contributed by atoms with Gasteiger partial charge in [0.1, 0.15) is 0 Å². The Morgan fingerprint density at radius 2 is 2.18 bits per heavy atom. The third-order valence-corrected chi connectivity index (χ3v) is 5.01. The van der Waals surface area contributed by atoms with E-state index in [-0.39, 0.29) is 11.7 Å². The molecule has 0 aliphatic carbocycles. The molecule has 2 heterocycles. The topological polar surface area (TPSA) is 81.9 Å². The maximum absolute atomic E-state index is 12.3. The monoisotopic (exact) mass is 417 g/mol. The quantitative estimate of drug-likeness (QED) is 0.421. The third kappa shape index (κ3) is 5.54. The van der Waals surface area contributed by atoms with Gasteiger partial charge in [0.05, 0.1) is 5.75 Å². The summed E-state index contributed by atoms with van der Waals surface area (Å²) in [6.45, 7) is 1.31. The molecule has 0 aliphatic rings. The van der Waals surface area contributed by atoms with Gasteiger partial charge in [-0.3, -0.25) is 9.78 Å². The first-order valence-corrected chi connectivity index (χ1v) is 10.0. The van der Waals surface area contributed by atoms with Crippen molar-refractivity contribution in [3.8, 4) is 11.4 Å². The summed E-state index contributed by atoms with van der Waals surface area (Å²) in [6, 6.07) is 10.8. The Hall–Kier alpha value is -2.42. The van der Waals surface area contributed by atoms with Gasteiger partial charge in [-0.1, -0.05) is 29.4 Å². The molecule has 0 unspecified atom stereocenters. The van der Waals surface area contributed by atoms with Crippen molar-refractivity contribution in [3.05, 3.63) is 53.8 Å². The van der Waals surface area contributed by atoms with Crippen LogP contribution in [0.4, 0.5) is 5.69 Å². The van der Waals surface area contributed by atoms with Crippen LogP contribution in [0.25, 0.3) is 11.4 Å². The lowest BCUT2D eigenvalue weighted by molar-refractivity contribution is -0.113. The lowest BCUT2D eigenvalue weighted by Gasteiger charge is -2.10. The normalized spacial score (nSPS) is 10.8. The number of thioether (sulfide) groups is 1. The van der Waals surface area contributed by atoms with Crippen LogP contribution in [0.5, 0.6) is 0 Å². The molecule has 146 valence electrons. The number of aromatic nitrogens is 4. The second kappa shape index (κ2) is 10.2. The first-order chi connectivity index (χ1) is 13.7. The molecule has 7 nitrogen and oxygen atoms in total. The average molecular weight is 418 g/mol. The summed E-state index contributed by atoms with van der Waals surface area (Å²) in [5.41, 5.74) is 1.54. The molecule has 9 heteroatoms. The van der Waals surface area contributed by atoms with Gasteiger partial charge in [0.15, 0.2) is 11.0 Å². The molecular weight excluding hydrogens is 398 g/mol. The largest absolute Gasteiger partial charge is 0.385 e. The van der Waals surface area contributed by atoms with Gasteiger partial charge in [-0.05, 0) is 36.8 Å². The van der Waals surface area contributed by atoms with Gasteiger partial charge in [0.25, 0.3) is 0 Å². The molecule has 0 spiro atoms. The Kier molecular flexibility index (Phi) is 7.41. The minimum Gasteiger partial charge on any atom is -0.385 e. The van der Waals surface area contributed by atoms with E-state index in [0.717, 1.165) is 17.8 Å². The van der Waals surface area contributed by atoms with Crippen LogP contribution in [0.15, 0.2) is 53.9 Å². The van der Waals surface area contributed by atoms with Crippen molar-refractivity contribution in [1.29, 1.82) is 0 Å². The van der Waals surface area contributed by atoms with Crippen molar-refractivity contribution in [1.82, 2.24) is 19.7 Å². The lowest BCUT2D eigenvalue weighted by Crippen LogP contribution is -2.14. The lowest BCUT2D eigenvalue weighted by atomic mass is 10.2. The van der Waals surface area contributed by atoms with Crippen molar-refractivity contribution >= 4 is 35.0 Å². The fourth-order valence-electron chi connectivity index (χ4n) is 2.57. The van der Waals surface area contributed by atoms with E-state index in [1.165, 1.54) is 11.8 Å². The fourth-order valence-corrected chi connectivity index (χ4v) is 3.52. The molecule has 28 heavy (non-hydrogen) atoms. The smallest absolute Gasteiger partial charge is 0.234 e. The Balaban J connectivity index is 1.70. The zero-order chi connectivity index (χ0) is 19.8. The maximum atomic E-state index is 12.3. The standard InChI is InChI=1S/C19H20ClN5O2S/c1-27-10-4-9-25-18(14-5-3-8-21-12-14)23-24-19(25)28-13-17(26)22-16-7-2-6-15(20)11-16/h2-3,5-8,11-12H,4,9-10,13H2,1H3,(H,22,26). The molecule has 0 saturated carbocycles. The van der Waals surface area contributed by atoms with Crippen LogP contribution in [0.1, 0.15) is 6.42 Å². The van der Waals surface area contributed by atoms with Gasteiger partial charge in [-0.25, -0.2) is 0 Å². The Bertz CT molecular complexity index is 920. The Morgan fingerprint density at radius 3 is 2.93 bits per heavy atom.